The zero-order valence-electron chi connectivity index (χ0n) is 17.8. The monoisotopic (exact) mass is 406 g/mol. The summed E-state index contributed by atoms with van der Waals surface area (Å²) in [5.74, 6) is 1.92. The molecule has 0 amide bonds. The topological polar surface area (TPSA) is 35.5 Å². The quantitative estimate of drug-likeness (QED) is 0.259. The molecule has 0 bridgehead atoms. The number of carbonyl (C=O) groups is 1. The molecule has 0 N–H and O–H groups in total. The van der Waals surface area contributed by atoms with Crippen LogP contribution in [0.1, 0.15) is 94.8 Å². The highest BCUT2D eigenvalue weighted by atomic mass is 32.2. The SMILES string of the molecule is CCCCCCCCCCCC(=O)OC1CCSC(c2ccc(OC)cc2)C1. The maximum atomic E-state index is 12.2. The molecular formula is C24H38O3S. The van der Waals surface area contributed by atoms with Gasteiger partial charge in [-0.2, -0.15) is 11.8 Å². The highest BCUT2D eigenvalue weighted by Crippen LogP contribution is 2.40. The van der Waals surface area contributed by atoms with Crippen LogP contribution in [0.25, 0.3) is 0 Å². The lowest BCUT2D eigenvalue weighted by Crippen LogP contribution is -2.24. The zero-order valence-corrected chi connectivity index (χ0v) is 18.6. The number of hydrogen-bond acceptors (Lipinski definition) is 4. The number of carbonyl (C=O) groups excluding carboxylic acids is 1. The first-order valence-corrected chi connectivity index (χ1v) is 12.2. The number of rotatable bonds is 13. The van der Waals surface area contributed by atoms with Crippen molar-refractivity contribution in [2.45, 2.75) is 95.3 Å². The molecule has 0 spiro atoms. The predicted octanol–water partition coefficient (Wildman–Crippen LogP) is 7.10. The second-order valence-corrected chi connectivity index (χ2v) is 9.16. The van der Waals surface area contributed by atoms with Gasteiger partial charge in [0.25, 0.3) is 0 Å². The van der Waals surface area contributed by atoms with E-state index in [2.05, 4.69) is 19.1 Å². The van der Waals surface area contributed by atoms with E-state index in [1.807, 2.05) is 23.9 Å². The Labute approximate surface area is 176 Å². The van der Waals surface area contributed by atoms with E-state index in [1.54, 1.807) is 7.11 Å². The second kappa shape index (κ2) is 13.9. The molecule has 0 aliphatic carbocycles. The van der Waals surface area contributed by atoms with Gasteiger partial charge in [0.2, 0.25) is 0 Å². The maximum absolute atomic E-state index is 12.2. The summed E-state index contributed by atoms with van der Waals surface area (Å²) in [6.07, 6.45) is 14.0. The highest BCUT2D eigenvalue weighted by molar-refractivity contribution is 7.99. The minimum Gasteiger partial charge on any atom is -0.497 e. The van der Waals surface area contributed by atoms with Crippen molar-refractivity contribution in [3.05, 3.63) is 29.8 Å². The number of esters is 1. The Morgan fingerprint density at radius 3 is 2.29 bits per heavy atom. The molecule has 1 aliphatic heterocycles. The molecule has 1 aromatic carbocycles. The van der Waals surface area contributed by atoms with Crippen molar-refractivity contribution in [3.63, 3.8) is 0 Å². The molecule has 1 saturated heterocycles. The number of unbranched alkanes of at least 4 members (excludes halogenated alkanes) is 8. The Morgan fingerprint density at radius 2 is 1.64 bits per heavy atom. The van der Waals surface area contributed by atoms with Gasteiger partial charge in [0.05, 0.1) is 7.11 Å². The van der Waals surface area contributed by atoms with Gasteiger partial charge in [-0.25, -0.2) is 0 Å². The van der Waals surface area contributed by atoms with Gasteiger partial charge in [0, 0.05) is 18.1 Å². The molecule has 2 rings (SSSR count). The summed E-state index contributed by atoms with van der Waals surface area (Å²) >= 11 is 1.96. The van der Waals surface area contributed by atoms with Crippen LogP contribution in [0.15, 0.2) is 24.3 Å². The number of thioether (sulfide) groups is 1. The fourth-order valence-electron chi connectivity index (χ4n) is 3.75. The van der Waals surface area contributed by atoms with E-state index in [-0.39, 0.29) is 12.1 Å². The first-order chi connectivity index (χ1) is 13.7. The Kier molecular flexibility index (Phi) is 11.5. The van der Waals surface area contributed by atoms with Crippen LogP contribution in [0, 0.1) is 0 Å². The van der Waals surface area contributed by atoms with Crippen molar-refractivity contribution >= 4 is 17.7 Å². The van der Waals surface area contributed by atoms with Crippen LogP contribution in [0.5, 0.6) is 5.75 Å². The van der Waals surface area contributed by atoms with E-state index in [4.69, 9.17) is 9.47 Å². The summed E-state index contributed by atoms with van der Waals surface area (Å²) < 4.78 is 11.0. The fourth-order valence-corrected chi connectivity index (χ4v) is 5.13. The molecule has 1 aliphatic rings. The van der Waals surface area contributed by atoms with Crippen molar-refractivity contribution < 1.29 is 14.3 Å². The lowest BCUT2D eigenvalue weighted by molar-refractivity contribution is -0.149. The van der Waals surface area contributed by atoms with Gasteiger partial charge >= 0.3 is 5.97 Å². The third-order valence-corrected chi connectivity index (χ3v) is 6.84. The van der Waals surface area contributed by atoms with Crippen LogP contribution in [-0.4, -0.2) is 24.9 Å². The van der Waals surface area contributed by atoms with E-state index in [1.165, 1.54) is 50.5 Å². The van der Waals surface area contributed by atoms with Crippen LogP contribution in [0.3, 0.4) is 0 Å². The summed E-state index contributed by atoms with van der Waals surface area (Å²) in [6, 6.07) is 8.27. The lowest BCUT2D eigenvalue weighted by Gasteiger charge is -2.29. The van der Waals surface area contributed by atoms with E-state index in [0.29, 0.717) is 11.7 Å². The Bertz CT molecular complexity index is 543. The molecule has 2 unspecified atom stereocenters. The van der Waals surface area contributed by atoms with Crippen molar-refractivity contribution in [3.8, 4) is 5.75 Å². The molecule has 28 heavy (non-hydrogen) atoms. The molecule has 4 heteroatoms. The summed E-state index contributed by atoms with van der Waals surface area (Å²) in [5.41, 5.74) is 1.30. The summed E-state index contributed by atoms with van der Waals surface area (Å²) in [5, 5.41) is 0.408. The molecule has 1 heterocycles. The summed E-state index contributed by atoms with van der Waals surface area (Å²) in [6.45, 7) is 2.25. The Hall–Kier alpha value is -1.16. The summed E-state index contributed by atoms with van der Waals surface area (Å²) in [4.78, 5) is 12.2. The molecular weight excluding hydrogens is 368 g/mol. The number of benzene rings is 1. The van der Waals surface area contributed by atoms with Gasteiger partial charge in [0.15, 0.2) is 0 Å². The average Bonchev–Trinajstić information content (AvgIpc) is 2.73. The smallest absolute Gasteiger partial charge is 0.306 e. The van der Waals surface area contributed by atoms with Crippen molar-refractivity contribution in [1.29, 1.82) is 0 Å². The standard InChI is InChI=1S/C24H38O3S/c1-3-4-5-6-7-8-9-10-11-12-24(25)27-22-17-18-28-23(19-22)20-13-15-21(26-2)16-14-20/h13-16,22-23H,3-12,17-19H2,1-2H3. The molecule has 1 aromatic rings. The van der Waals surface area contributed by atoms with Gasteiger partial charge < -0.3 is 9.47 Å². The number of methoxy groups -OCH3 is 1. The first kappa shape index (κ1) is 23.1. The minimum absolute atomic E-state index is 0.00618. The largest absolute Gasteiger partial charge is 0.497 e. The second-order valence-electron chi connectivity index (χ2n) is 7.85. The summed E-state index contributed by atoms with van der Waals surface area (Å²) in [7, 11) is 1.69. The number of ether oxygens (including phenoxy) is 2. The van der Waals surface area contributed by atoms with Crippen LogP contribution < -0.4 is 4.74 Å². The first-order valence-electron chi connectivity index (χ1n) is 11.2. The molecule has 0 saturated carbocycles. The molecule has 1 fully saturated rings. The van der Waals surface area contributed by atoms with Gasteiger partial charge in [-0.1, -0.05) is 70.4 Å². The molecule has 2 atom stereocenters. The van der Waals surface area contributed by atoms with Gasteiger partial charge in [-0.05, 0) is 36.3 Å². The van der Waals surface area contributed by atoms with Crippen LogP contribution in [0.2, 0.25) is 0 Å². The minimum atomic E-state index is -0.00618. The third-order valence-electron chi connectivity index (χ3n) is 5.51. The molecule has 158 valence electrons. The Balaban J connectivity index is 1.58. The van der Waals surface area contributed by atoms with E-state index in [0.717, 1.165) is 37.2 Å². The van der Waals surface area contributed by atoms with Crippen LogP contribution in [0.4, 0.5) is 0 Å². The van der Waals surface area contributed by atoms with Crippen molar-refractivity contribution in [1.82, 2.24) is 0 Å². The fraction of sp³-hybridized carbons (Fsp3) is 0.708. The normalized spacial score (nSPS) is 19.4. The predicted molar refractivity (Wildman–Crippen MR) is 119 cm³/mol. The Morgan fingerprint density at radius 1 is 1.00 bits per heavy atom. The highest BCUT2D eigenvalue weighted by Gasteiger charge is 2.26. The van der Waals surface area contributed by atoms with Crippen LogP contribution >= 0.6 is 11.8 Å². The molecule has 0 radical (unpaired) electrons. The zero-order chi connectivity index (χ0) is 20.0. The van der Waals surface area contributed by atoms with Gasteiger partial charge in [0.1, 0.15) is 11.9 Å². The van der Waals surface area contributed by atoms with E-state index in [9.17, 15) is 4.79 Å². The molecule has 3 nitrogen and oxygen atoms in total. The van der Waals surface area contributed by atoms with Crippen molar-refractivity contribution in [2.75, 3.05) is 12.9 Å². The third kappa shape index (κ3) is 8.89. The van der Waals surface area contributed by atoms with Crippen LogP contribution in [-0.2, 0) is 9.53 Å². The van der Waals surface area contributed by atoms with Crippen molar-refractivity contribution in [2.24, 2.45) is 0 Å². The van der Waals surface area contributed by atoms with E-state index < -0.39 is 0 Å². The average molecular weight is 407 g/mol. The van der Waals surface area contributed by atoms with Gasteiger partial charge in [-0.3, -0.25) is 4.79 Å². The maximum Gasteiger partial charge on any atom is 0.306 e. The van der Waals surface area contributed by atoms with Gasteiger partial charge in [-0.15, -0.1) is 0 Å². The molecule has 0 aromatic heterocycles. The lowest BCUT2D eigenvalue weighted by atomic mass is 10.0. The van der Waals surface area contributed by atoms with E-state index >= 15 is 0 Å². The number of hydrogen-bond donors (Lipinski definition) is 0.